The second-order valence-corrected chi connectivity index (χ2v) is 2.69. The van der Waals surface area contributed by atoms with Gasteiger partial charge in [0.15, 0.2) is 0 Å². The summed E-state index contributed by atoms with van der Waals surface area (Å²) < 4.78 is 0. The Labute approximate surface area is 84.1 Å². The Kier molecular flexibility index (Phi) is 5.85. The van der Waals surface area contributed by atoms with E-state index in [1.54, 1.807) is 0 Å². The summed E-state index contributed by atoms with van der Waals surface area (Å²) in [5.74, 6) is -0.170. The Morgan fingerprint density at radius 3 is 2.27 bits per heavy atom. The van der Waals surface area contributed by atoms with Gasteiger partial charge in [-0.25, -0.2) is 4.79 Å². The summed E-state index contributed by atoms with van der Waals surface area (Å²) in [5, 5.41) is 0.985. The van der Waals surface area contributed by atoms with Crippen molar-refractivity contribution in [3.05, 3.63) is 0 Å². The standard InChI is InChI=1S/C7H13NO2.HI/c1-7(9)10-8-5-3-2-4-6-8;/h2-6H2,1H3;1H. The van der Waals surface area contributed by atoms with Crippen LogP contribution in [0.25, 0.3) is 0 Å². The Hall–Kier alpha value is 0.160. The molecule has 0 amide bonds. The number of nitrogens with one attached hydrogen (secondary N) is 1. The topological polar surface area (TPSA) is 30.7 Å². The molecule has 3 nitrogen and oxygen atoms in total. The number of rotatable bonds is 1. The Morgan fingerprint density at radius 2 is 1.82 bits per heavy atom. The zero-order chi connectivity index (χ0) is 7.40. The first-order valence-electron chi connectivity index (χ1n) is 3.82. The third-order valence-electron chi connectivity index (χ3n) is 1.70. The van der Waals surface area contributed by atoms with Gasteiger partial charge in [0.2, 0.25) is 0 Å². The molecule has 0 atom stereocenters. The molecule has 0 spiro atoms. The van der Waals surface area contributed by atoms with Gasteiger partial charge in [-0.15, -0.1) is 5.06 Å². The van der Waals surface area contributed by atoms with Gasteiger partial charge in [0.25, 0.3) is 0 Å². The second kappa shape index (κ2) is 5.77. The number of carbonyl (C=O) groups is 1. The van der Waals surface area contributed by atoms with Crippen molar-refractivity contribution in [1.29, 1.82) is 0 Å². The highest BCUT2D eigenvalue weighted by Gasteiger charge is 2.15. The molecule has 0 saturated carbocycles. The highest BCUT2D eigenvalue weighted by atomic mass is 127. The molecular weight excluding hydrogens is 257 g/mol. The van der Waals surface area contributed by atoms with E-state index in [2.05, 4.69) is 0 Å². The van der Waals surface area contributed by atoms with Crippen LogP contribution in [0.5, 0.6) is 0 Å². The Bertz CT molecular complexity index is 124. The maximum absolute atomic E-state index is 10.5. The van der Waals surface area contributed by atoms with E-state index in [-0.39, 0.29) is 29.9 Å². The summed E-state index contributed by atoms with van der Waals surface area (Å²) in [6.07, 6.45) is 3.65. The van der Waals surface area contributed by atoms with Gasteiger partial charge in [-0.1, -0.05) is 0 Å². The maximum atomic E-state index is 10.5. The Balaban J connectivity index is 0.000001000. The number of piperidine rings is 1. The predicted octanol–water partition coefficient (Wildman–Crippen LogP) is -3.46. The van der Waals surface area contributed by atoms with Crippen LogP contribution in [0.15, 0.2) is 0 Å². The van der Waals surface area contributed by atoms with E-state index in [4.69, 9.17) is 4.84 Å². The minimum atomic E-state index is -0.170. The second-order valence-electron chi connectivity index (χ2n) is 2.69. The molecule has 1 fully saturated rings. The monoisotopic (exact) mass is 271 g/mol. The van der Waals surface area contributed by atoms with Gasteiger partial charge in [0.1, 0.15) is 13.1 Å². The van der Waals surface area contributed by atoms with Gasteiger partial charge in [0.05, 0.1) is 0 Å². The normalized spacial score (nSPS) is 18.6. The summed E-state index contributed by atoms with van der Waals surface area (Å²) in [7, 11) is 0. The average Bonchev–Trinajstić information content (AvgIpc) is 1.88. The number of hydrogen-bond acceptors (Lipinski definition) is 2. The zero-order valence-electron chi connectivity index (χ0n) is 6.73. The molecule has 66 valence electrons. The fourth-order valence-corrected chi connectivity index (χ4v) is 1.25. The molecule has 1 rings (SSSR count). The molecule has 11 heavy (non-hydrogen) atoms. The summed E-state index contributed by atoms with van der Waals surface area (Å²) >= 11 is 0. The largest absolute Gasteiger partial charge is 1.00 e. The summed E-state index contributed by atoms with van der Waals surface area (Å²) in [4.78, 5) is 15.4. The molecule has 1 heterocycles. The van der Waals surface area contributed by atoms with Crippen molar-refractivity contribution in [2.75, 3.05) is 13.1 Å². The molecule has 0 aromatic carbocycles. The molecule has 0 aromatic heterocycles. The molecule has 0 radical (unpaired) electrons. The van der Waals surface area contributed by atoms with E-state index >= 15 is 0 Å². The smallest absolute Gasteiger partial charge is 0.363 e. The van der Waals surface area contributed by atoms with E-state index in [0.717, 1.165) is 18.2 Å². The fourth-order valence-electron chi connectivity index (χ4n) is 1.25. The highest BCUT2D eigenvalue weighted by molar-refractivity contribution is 5.64. The summed E-state index contributed by atoms with van der Waals surface area (Å²) in [6, 6.07) is 0. The molecule has 0 bridgehead atoms. The summed E-state index contributed by atoms with van der Waals surface area (Å²) in [6.45, 7) is 3.43. The van der Waals surface area contributed by atoms with Gasteiger partial charge in [0, 0.05) is 19.8 Å². The van der Waals surface area contributed by atoms with Crippen LogP contribution < -0.4 is 29.0 Å². The van der Waals surface area contributed by atoms with Crippen molar-refractivity contribution < 1.29 is 38.7 Å². The zero-order valence-corrected chi connectivity index (χ0v) is 8.89. The van der Waals surface area contributed by atoms with Gasteiger partial charge < -0.3 is 24.0 Å². The van der Waals surface area contributed by atoms with E-state index in [9.17, 15) is 4.79 Å². The van der Waals surface area contributed by atoms with Gasteiger partial charge in [-0.3, -0.25) is 4.84 Å². The maximum Gasteiger partial charge on any atom is 0.363 e. The van der Waals surface area contributed by atoms with Crippen molar-refractivity contribution in [1.82, 2.24) is 0 Å². The molecule has 1 N–H and O–H groups in total. The van der Waals surface area contributed by atoms with Crippen LogP contribution in [-0.4, -0.2) is 19.1 Å². The van der Waals surface area contributed by atoms with Crippen molar-refractivity contribution in [2.45, 2.75) is 26.2 Å². The first kappa shape index (κ1) is 11.2. The predicted molar refractivity (Wildman–Crippen MR) is 36.3 cm³/mol. The van der Waals surface area contributed by atoms with Crippen LogP contribution in [0, 0.1) is 0 Å². The van der Waals surface area contributed by atoms with Gasteiger partial charge in [-0.05, 0) is 6.42 Å². The highest BCUT2D eigenvalue weighted by Crippen LogP contribution is 1.94. The lowest BCUT2D eigenvalue weighted by Gasteiger charge is -2.19. The van der Waals surface area contributed by atoms with Crippen LogP contribution in [-0.2, 0) is 9.63 Å². The van der Waals surface area contributed by atoms with Crippen molar-refractivity contribution in [2.24, 2.45) is 0 Å². The molecule has 1 aliphatic heterocycles. The molecule has 1 saturated heterocycles. The lowest BCUT2D eigenvalue weighted by molar-refractivity contribution is -1.08. The number of hydroxylamine groups is 2. The minimum absolute atomic E-state index is 0. The van der Waals surface area contributed by atoms with Crippen molar-refractivity contribution >= 4 is 5.97 Å². The quantitative estimate of drug-likeness (QED) is 0.503. The first-order chi connectivity index (χ1) is 4.79. The number of hydrogen-bond donors (Lipinski definition) is 1. The number of quaternary nitrogens is 1. The number of halogens is 1. The van der Waals surface area contributed by atoms with E-state index < -0.39 is 0 Å². The summed E-state index contributed by atoms with van der Waals surface area (Å²) in [5.41, 5.74) is 0. The van der Waals surface area contributed by atoms with E-state index in [1.807, 2.05) is 0 Å². The molecule has 4 heteroatoms. The van der Waals surface area contributed by atoms with E-state index in [0.29, 0.717) is 0 Å². The van der Waals surface area contributed by atoms with E-state index in [1.165, 1.54) is 26.2 Å². The molecule has 0 aliphatic carbocycles. The van der Waals surface area contributed by atoms with Crippen LogP contribution >= 0.6 is 0 Å². The van der Waals surface area contributed by atoms with Crippen LogP contribution in [0.3, 0.4) is 0 Å². The van der Waals surface area contributed by atoms with Crippen LogP contribution in [0.2, 0.25) is 0 Å². The average molecular weight is 271 g/mol. The van der Waals surface area contributed by atoms with Crippen molar-refractivity contribution in [3.8, 4) is 0 Å². The fraction of sp³-hybridized carbons (Fsp3) is 0.857. The Morgan fingerprint density at radius 1 is 1.27 bits per heavy atom. The molecule has 0 aromatic rings. The third kappa shape index (κ3) is 4.58. The van der Waals surface area contributed by atoms with Crippen LogP contribution in [0.1, 0.15) is 26.2 Å². The van der Waals surface area contributed by atoms with Crippen molar-refractivity contribution in [3.63, 3.8) is 0 Å². The molecular formula is C7H14INO2. The first-order valence-corrected chi connectivity index (χ1v) is 3.82. The molecule has 0 unspecified atom stereocenters. The lowest BCUT2D eigenvalue weighted by atomic mass is 10.2. The van der Waals surface area contributed by atoms with Gasteiger partial charge >= 0.3 is 5.97 Å². The van der Waals surface area contributed by atoms with Gasteiger partial charge in [-0.2, -0.15) is 0 Å². The minimum Gasteiger partial charge on any atom is -1.00 e. The molecule has 1 aliphatic rings. The SMILES string of the molecule is CC(=O)O[NH+]1CCCCC1.[I-]. The number of carbonyl (C=O) groups excluding carboxylic acids is 1. The van der Waals surface area contributed by atoms with Crippen LogP contribution in [0.4, 0.5) is 0 Å². The third-order valence-corrected chi connectivity index (χ3v) is 1.70. The lowest BCUT2D eigenvalue weighted by Crippen LogP contribution is -3.12.